The summed E-state index contributed by atoms with van der Waals surface area (Å²) in [4.78, 5) is 0. The number of hydrogen-bond donors (Lipinski definition) is 2. The predicted octanol–water partition coefficient (Wildman–Crippen LogP) is 3.97. The fraction of sp³-hybridized carbons (Fsp3) is 0.667. The van der Waals surface area contributed by atoms with Gasteiger partial charge in [0.05, 0.1) is 7.11 Å². The first kappa shape index (κ1) is 15.8. The van der Waals surface area contributed by atoms with E-state index in [1.54, 1.807) is 7.11 Å². The summed E-state index contributed by atoms with van der Waals surface area (Å²) in [6, 6.07) is 3.51. The summed E-state index contributed by atoms with van der Waals surface area (Å²) in [5.41, 5.74) is 4.31. The molecule has 0 aliphatic heterocycles. The monoisotopic (exact) mass is 307 g/mol. The predicted molar refractivity (Wildman–Crippen MR) is 83.9 cm³/mol. The van der Waals surface area contributed by atoms with E-state index in [0.717, 1.165) is 49.7 Å². The molecule has 0 spiro atoms. The van der Waals surface area contributed by atoms with Crippen molar-refractivity contribution in [2.75, 3.05) is 7.11 Å². The molecule has 2 aliphatic carbocycles. The Bertz CT molecular complexity index is 548. The van der Waals surface area contributed by atoms with E-state index in [1.165, 1.54) is 6.07 Å². The van der Waals surface area contributed by atoms with Gasteiger partial charge in [-0.2, -0.15) is 0 Å². The molecule has 2 aliphatic rings. The minimum atomic E-state index is -0.187. The van der Waals surface area contributed by atoms with Crippen LogP contribution >= 0.6 is 0 Å². The van der Waals surface area contributed by atoms with Crippen LogP contribution in [0.3, 0.4) is 0 Å². The van der Waals surface area contributed by atoms with Crippen molar-refractivity contribution < 1.29 is 14.3 Å². The summed E-state index contributed by atoms with van der Waals surface area (Å²) in [5.74, 6) is 0.721. The average molecular weight is 307 g/mol. The van der Waals surface area contributed by atoms with Crippen LogP contribution in [0.25, 0.3) is 0 Å². The van der Waals surface area contributed by atoms with E-state index < -0.39 is 0 Å². The molecule has 1 fully saturated rings. The Labute approximate surface area is 131 Å². The van der Waals surface area contributed by atoms with Gasteiger partial charge in [0, 0.05) is 17.5 Å². The first-order valence-corrected chi connectivity index (χ1v) is 8.42. The van der Waals surface area contributed by atoms with Gasteiger partial charge in [-0.3, -0.25) is 0 Å². The molecule has 3 rings (SSSR count). The van der Waals surface area contributed by atoms with Crippen LogP contribution in [0.2, 0.25) is 0 Å². The summed E-state index contributed by atoms with van der Waals surface area (Å²) in [6.07, 6.45) is 7.01. The third kappa shape index (κ3) is 2.33. The van der Waals surface area contributed by atoms with Crippen LogP contribution in [0.4, 0.5) is 4.39 Å². The van der Waals surface area contributed by atoms with Gasteiger partial charge in [0.2, 0.25) is 0 Å². The van der Waals surface area contributed by atoms with E-state index in [0.29, 0.717) is 18.1 Å². The minimum absolute atomic E-state index is 0.00829. The Morgan fingerprint density at radius 1 is 1.41 bits per heavy atom. The van der Waals surface area contributed by atoms with Gasteiger partial charge in [0.25, 0.3) is 0 Å². The van der Waals surface area contributed by atoms with E-state index in [2.05, 4.69) is 12.4 Å². The van der Waals surface area contributed by atoms with Gasteiger partial charge in [-0.1, -0.05) is 26.2 Å². The molecule has 2 N–H and O–H groups in total. The number of halogens is 1. The highest BCUT2D eigenvalue weighted by atomic mass is 19.1. The van der Waals surface area contributed by atoms with Crippen molar-refractivity contribution in [3.63, 3.8) is 0 Å². The Balaban J connectivity index is 2.21. The maximum absolute atomic E-state index is 14.6. The zero-order valence-electron chi connectivity index (χ0n) is 13.5. The van der Waals surface area contributed by atoms with Crippen LogP contribution < -0.4 is 10.2 Å². The minimum Gasteiger partial charge on any atom is -0.497 e. The van der Waals surface area contributed by atoms with Crippen molar-refractivity contribution in [3.05, 3.63) is 29.1 Å². The second-order valence-electron chi connectivity index (χ2n) is 6.86. The van der Waals surface area contributed by atoms with E-state index >= 15 is 0 Å². The molecule has 0 saturated heterocycles. The normalized spacial score (nSPS) is 30.5. The highest BCUT2D eigenvalue weighted by molar-refractivity contribution is 5.46. The molecule has 3 nitrogen and oxygen atoms in total. The molecule has 3 unspecified atom stereocenters. The summed E-state index contributed by atoms with van der Waals surface area (Å²) in [5, 5.41) is 9.86. The maximum Gasteiger partial charge on any atom is 0.130 e. The quantitative estimate of drug-likeness (QED) is 0.827. The smallest absolute Gasteiger partial charge is 0.130 e. The Hall–Kier alpha value is -1.13. The number of rotatable bonds is 4. The van der Waals surface area contributed by atoms with Crippen LogP contribution in [0.1, 0.15) is 56.6 Å². The molecular formula is C18H26FNO2. The number of ether oxygens (including phenoxy) is 1. The molecule has 2 bridgehead atoms. The van der Waals surface area contributed by atoms with E-state index in [9.17, 15) is 9.60 Å². The van der Waals surface area contributed by atoms with Crippen LogP contribution in [0.5, 0.6) is 5.75 Å². The van der Waals surface area contributed by atoms with Gasteiger partial charge in [-0.25, -0.2) is 9.87 Å². The molecule has 0 amide bonds. The zero-order chi connectivity index (χ0) is 15.7. The summed E-state index contributed by atoms with van der Waals surface area (Å²) in [6.45, 7) is 2.16. The fourth-order valence-corrected chi connectivity index (χ4v) is 4.88. The largest absolute Gasteiger partial charge is 0.497 e. The fourth-order valence-electron chi connectivity index (χ4n) is 4.88. The van der Waals surface area contributed by atoms with Crippen LogP contribution in [0, 0.1) is 11.7 Å². The standard InChI is InChI=1S/C18H26FNO2/c1-3-7-18-8-5-4-6-12(17(18)20-21)9-14-15(18)10-13(22-2)11-16(14)19/h10-12,17,20-21H,3-9H2,1-2H3. The first-order chi connectivity index (χ1) is 10.7. The highest BCUT2D eigenvalue weighted by Crippen LogP contribution is 2.51. The zero-order valence-corrected chi connectivity index (χ0v) is 13.5. The Morgan fingerprint density at radius 2 is 2.23 bits per heavy atom. The third-order valence-electron chi connectivity index (χ3n) is 5.76. The first-order valence-electron chi connectivity index (χ1n) is 8.42. The van der Waals surface area contributed by atoms with E-state index in [1.807, 2.05) is 6.07 Å². The lowest BCUT2D eigenvalue weighted by Crippen LogP contribution is -2.54. The number of hydrogen-bond acceptors (Lipinski definition) is 3. The summed E-state index contributed by atoms with van der Waals surface area (Å²) in [7, 11) is 1.58. The number of methoxy groups -OCH3 is 1. The van der Waals surface area contributed by atoms with Gasteiger partial charge in [0.1, 0.15) is 11.6 Å². The van der Waals surface area contributed by atoms with Gasteiger partial charge in [0.15, 0.2) is 0 Å². The lowest BCUT2D eigenvalue weighted by Gasteiger charge is -2.48. The lowest BCUT2D eigenvalue weighted by molar-refractivity contribution is 0.0384. The van der Waals surface area contributed by atoms with Crippen molar-refractivity contribution in [2.24, 2.45) is 5.92 Å². The number of nitrogens with one attached hydrogen (secondary N) is 1. The molecule has 122 valence electrons. The molecule has 1 saturated carbocycles. The van der Waals surface area contributed by atoms with Gasteiger partial charge >= 0.3 is 0 Å². The molecule has 3 atom stereocenters. The van der Waals surface area contributed by atoms with Crippen molar-refractivity contribution in [1.29, 1.82) is 0 Å². The van der Waals surface area contributed by atoms with Crippen LogP contribution in [-0.2, 0) is 11.8 Å². The molecule has 0 aromatic heterocycles. The SMILES string of the molecule is CCCC12CCCCC(Cc3c(F)cc(OC)cc31)C2NO. The number of fused-ring (bicyclic) bond motifs is 4. The van der Waals surface area contributed by atoms with Crippen LogP contribution in [0.15, 0.2) is 12.1 Å². The van der Waals surface area contributed by atoms with Crippen molar-refractivity contribution in [3.8, 4) is 5.75 Å². The van der Waals surface area contributed by atoms with Crippen molar-refractivity contribution >= 4 is 0 Å². The average Bonchev–Trinajstić information content (AvgIpc) is 2.64. The Kier molecular flexibility index (Phi) is 4.42. The number of benzene rings is 1. The second-order valence-corrected chi connectivity index (χ2v) is 6.86. The van der Waals surface area contributed by atoms with E-state index in [-0.39, 0.29) is 17.3 Å². The van der Waals surface area contributed by atoms with Crippen molar-refractivity contribution in [1.82, 2.24) is 5.48 Å². The third-order valence-corrected chi connectivity index (χ3v) is 5.76. The molecule has 22 heavy (non-hydrogen) atoms. The maximum atomic E-state index is 14.6. The lowest BCUT2D eigenvalue weighted by atomic mass is 9.60. The van der Waals surface area contributed by atoms with Gasteiger partial charge in [-0.15, -0.1) is 0 Å². The topological polar surface area (TPSA) is 41.5 Å². The number of hydroxylamine groups is 1. The van der Waals surface area contributed by atoms with Gasteiger partial charge < -0.3 is 9.94 Å². The Morgan fingerprint density at radius 3 is 2.91 bits per heavy atom. The molecule has 4 heteroatoms. The second kappa shape index (κ2) is 6.17. The van der Waals surface area contributed by atoms with Crippen LogP contribution in [-0.4, -0.2) is 18.4 Å². The van der Waals surface area contributed by atoms with Gasteiger partial charge in [-0.05, 0) is 48.8 Å². The molecule has 0 heterocycles. The van der Waals surface area contributed by atoms with E-state index in [4.69, 9.17) is 4.74 Å². The van der Waals surface area contributed by atoms with Crippen molar-refractivity contribution in [2.45, 2.75) is 63.3 Å². The molecular weight excluding hydrogens is 281 g/mol. The molecule has 0 radical (unpaired) electrons. The summed E-state index contributed by atoms with van der Waals surface area (Å²) < 4.78 is 19.9. The summed E-state index contributed by atoms with van der Waals surface area (Å²) >= 11 is 0. The molecule has 1 aromatic carbocycles. The molecule has 1 aromatic rings. The highest BCUT2D eigenvalue weighted by Gasteiger charge is 2.49.